The molecule has 1 radical (unpaired) electrons. The molecule has 69 valence electrons. The molecule has 0 aromatic heterocycles. The molecule has 0 aliphatic carbocycles. The Kier molecular flexibility index (Phi) is 3.38. The first kappa shape index (κ1) is 9.65. The van der Waals surface area contributed by atoms with E-state index in [-0.39, 0.29) is 0 Å². The van der Waals surface area contributed by atoms with Crippen LogP contribution < -0.4 is 9.47 Å². The van der Waals surface area contributed by atoms with Crippen molar-refractivity contribution in [3.05, 3.63) is 36.4 Å². The highest BCUT2D eigenvalue weighted by atomic mass is 16.5. The van der Waals surface area contributed by atoms with Gasteiger partial charge in [0, 0.05) is 0 Å². The maximum atomic E-state index is 5.35. The van der Waals surface area contributed by atoms with Gasteiger partial charge < -0.3 is 9.47 Å². The van der Waals surface area contributed by atoms with Crippen LogP contribution in [0.25, 0.3) is 0 Å². The predicted octanol–water partition coefficient (Wildman–Crippen LogP) is 2.43. The quantitative estimate of drug-likeness (QED) is 0.703. The average molecular weight is 177 g/mol. The maximum absolute atomic E-state index is 5.35. The lowest BCUT2D eigenvalue weighted by molar-refractivity contribution is 0.311. The summed E-state index contributed by atoms with van der Waals surface area (Å²) >= 11 is 0. The Morgan fingerprint density at radius 1 is 1.38 bits per heavy atom. The van der Waals surface area contributed by atoms with Gasteiger partial charge in [0.2, 0.25) is 0 Å². The van der Waals surface area contributed by atoms with Crippen molar-refractivity contribution in [2.24, 2.45) is 0 Å². The van der Waals surface area contributed by atoms with Crippen LogP contribution in [0.1, 0.15) is 12.5 Å². The lowest BCUT2D eigenvalue weighted by Gasteiger charge is -2.09. The molecule has 1 aromatic rings. The molecule has 1 aromatic carbocycles. The smallest absolute Gasteiger partial charge is 0.161 e. The van der Waals surface area contributed by atoms with E-state index in [1.165, 1.54) is 0 Å². The summed E-state index contributed by atoms with van der Waals surface area (Å²) in [6.45, 7) is 6.13. The molecule has 0 N–H and O–H groups in total. The van der Waals surface area contributed by atoms with E-state index in [1.54, 1.807) is 7.11 Å². The zero-order chi connectivity index (χ0) is 9.68. The number of hydrogen-bond acceptors (Lipinski definition) is 2. The highest BCUT2D eigenvalue weighted by Gasteiger charge is 2.02. The molecule has 0 heterocycles. The van der Waals surface area contributed by atoms with Crippen LogP contribution in [0.4, 0.5) is 0 Å². The third kappa shape index (κ3) is 2.25. The van der Waals surface area contributed by atoms with Gasteiger partial charge in [0.1, 0.15) is 0 Å². The Bertz CT molecular complexity index is 292. The zero-order valence-corrected chi connectivity index (χ0v) is 7.96. The van der Waals surface area contributed by atoms with E-state index in [1.807, 2.05) is 25.1 Å². The molecular weight excluding hydrogens is 164 g/mol. The van der Waals surface area contributed by atoms with Gasteiger partial charge >= 0.3 is 0 Å². The highest BCUT2D eigenvalue weighted by Crippen LogP contribution is 2.27. The molecule has 0 bridgehead atoms. The summed E-state index contributed by atoms with van der Waals surface area (Å²) in [4.78, 5) is 0. The van der Waals surface area contributed by atoms with Crippen molar-refractivity contribution < 1.29 is 9.47 Å². The predicted molar refractivity (Wildman–Crippen MR) is 52.1 cm³/mol. The summed E-state index contributed by atoms with van der Waals surface area (Å²) in [6, 6.07) is 5.59. The SMILES string of the molecule is C=[C]c1ccc(OCC)c(OC)c1. The summed E-state index contributed by atoms with van der Waals surface area (Å²) in [7, 11) is 1.62. The monoisotopic (exact) mass is 177 g/mol. The van der Waals surface area contributed by atoms with E-state index in [0.717, 1.165) is 17.1 Å². The lowest BCUT2D eigenvalue weighted by Crippen LogP contribution is -1.95. The van der Waals surface area contributed by atoms with Crippen molar-refractivity contribution in [1.29, 1.82) is 0 Å². The second kappa shape index (κ2) is 4.55. The van der Waals surface area contributed by atoms with Crippen molar-refractivity contribution in [2.75, 3.05) is 13.7 Å². The molecular formula is C11H13O2. The van der Waals surface area contributed by atoms with Crippen LogP contribution >= 0.6 is 0 Å². The standard InChI is InChI=1S/C11H13O2/c1-4-9-6-7-10(13-5-2)11(8-9)12-3/h6-8H,1,5H2,2-3H3. The van der Waals surface area contributed by atoms with Crippen molar-refractivity contribution >= 4 is 0 Å². The largest absolute Gasteiger partial charge is 0.493 e. The number of benzene rings is 1. The van der Waals surface area contributed by atoms with E-state index in [9.17, 15) is 0 Å². The van der Waals surface area contributed by atoms with Crippen molar-refractivity contribution in [2.45, 2.75) is 6.92 Å². The Labute approximate surface area is 78.8 Å². The van der Waals surface area contributed by atoms with Gasteiger partial charge in [-0.2, -0.15) is 0 Å². The van der Waals surface area contributed by atoms with Gasteiger partial charge in [-0.15, -0.1) is 0 Å². The van der Waals surface area contributed by atoms with Gasteiger partial charge in [-0.1, -0.05) is 12.6 Å². The summed E-state index contributed by atoms with van der Waals surface area (Å²) in [5, 5.41) is 0. The topological polar surface area (TPSA) is 18.5 Å². The Morgan fingerprint density at radius 2 is 2.15 bits per heavy atom. The fourth-order valence-electron chi connectivity index (χ4n) is 1.05. The zero-order valence-electron chi connectivity index (χ0n) is 7.96. The van der Waals surface area contributed by atoms with Gasteiger partial charge in [-0.3, -0.25) is 0 Å². The number of ether oxygens (including phenoxy) is 2. The number of hydrogen-bond donors (Lipinski definition) is 0. The van der Waals surface area contributed by atoms with Crippen LogP contribution in [0.2, 0.25) is 0 Å². The lowest BCUT2D eigenvalue weighted by atomic mass is 10.2. The van der Waals surface area contributed by atoms with E-state index < -0.39 is 0 Å². The van der Waals surface area contributed by atoms with Crippen LogP contribution in [-0.2, 0) is 0 Å². The van der Waals surface area contributed by atoms with Crippen LogP contribution in [0.3, 0.4) is 0 Å². The first-order valence-corrected chi connectivity index (χ1v) is 4.15. The summed E-state index contributed by atoms with van der Waals surface area (Å²) in [5.41, 5.74) is 0.903. The second-order valence-electron chi connectivity index (χ2n) is 2.48. The van der Waals surface area contributed by atoms with Gasteiger partial charge in [0.05, 0.1) is 13.7 Å². The molecule has 2 nitrogen and oxygen atoms in total. The van der Waals surface area contributed by atoms with E-state index in [0.29, 0.717) is 6.61 Å². The molecule has 0 atom stereocenters. The minimum absolute atomic E-state index is 0.632. The van der Waals surface area contributed by atoms with E-state index >= 15 is 0 Å². The minimum Gasteiger partial charge on any atom is -0.493 e. The fourth-order valence-corrected chi connectivity index (χ4v) is 1.05. The molecule has 1 rings (SSSR count). The Balaban J connectivity index is 3.00. The summed E-state index contributed by atoms with van der Waals surface area (Å²) in [5.74, 6) is 1.47. The van der Waals surface area contributed by atoms with Crippen LogP contribution in [0.15, 0.2) is 24.8 Å². The van der Waals surface area contributed by atoms with Crippen LogP contribution in [0, 0.1) is 6.08 Å². The molecule has 0 saturated carbocycles. The van der Waals surface area contributed by atoms with Gasteiger partial charge in [0.15, 0.2) is 11.5 Å². The van der Waals surface area contributed by atoms with Gasteiger partial charge in [-0.25, -0.2) is 0 Å². The van der Waals surface area contributed by atoms with E-state index in [4.69, 9.17) is 9.47 Å². The Morgan fingerprint density at radius 3 is 2.69 bits per heavy atom. The molecule has 0 aliphatic rings. The van der Waals surface area contributed by atoms with E-state index in [2.05, 4.69) is 12.7 Å². The second-order valence-corrected chi connectivity index (χ2v) is 2.48. The average Bonchev–Trinajstić information content (AvgIpc) is 2.19. The van der Waals surface area contributed by atoms with Crippen LogP contribution in [-0.4, -0.2) is 13.7 Å². The Hall–Kier alpha value is -1.44. The number of rotatable bonds is 4. The van der Waals surface area contributed by atoms with Crippen molar-refractivity contribution in [3.8, 4) is 11.5 Å². The molecule has 0 fully saturated rings. The fraction of sp³-hybridized carbons (Fsp3) is 0.273. The van der Waals surface area contributed by atoms with Crippen molar-refractivity contribution in [3.63, 3.8) is 0 Å². The molecule has 0 spiro atoms. The van der Waals surface area contributed by atoms with Gasteiger partial charge in [-0.05, 0) is 30.7 Å². The third-order valence-corrected chi connectivity index (χ3v) is 1.67. The highest BCUT2D eigenvalue weighted by molar-refractivity contribution is 5.44. The molecule has 0 unspecified atom stereocenters. The first-order valence-electron chi connectivity index (χ1n) is 4.15. The minimum atomic E-state index is 0.632. The summed E-state index contributed by atoms with van der Waals surface area (Å²) in [6.07, 6.45) is 2.79. The third-order valence-electron chi connectivity index (χ3n) is 1.67. The van der Waals surface area contributed by atoms with Crippen LogP contribution in [0.5, 0.6) is 11.5 Å². The maximum Gasteiger partial charge on any atom is 0.161 e. The molecule has 13 heavy (non-hydrogen) atoms. The normalized spacial score (nSPS) is 9.38. The van der Waals surface area contributed by atoms with Gasteiger partial charge in [0.25, 0.3) is 0 Å². The molecule has 0 saturated heterocycles. The molecule has 0 aliphatic heterocycles. The first-order chi connectivity index (χ1) is 6.31. The van der Waals surface area contributed by atoms with Crippen molar-refractivity contribution in [1.82, 2.24) is 0 Å². The summed E-state index contributed by atoms with van der Waals surface area (Å²) < 4.78 is 10.5. The number of methoxy groups -OCH3 is 1. The molecule has 2 heteroatoms. The molecule has 0 amide bonds.